The number of allylic oxidation sites excluding steroid dienone is 3. The molecule has 0 spiro atoms. The third kappa shape index (κ3) is 3.28. The Morgan fingerprint density at radius 2 is 2.00 bits per heavy atom. The SMILES string of the molecule is C1=CC/C(=C/OCc2ccccc2)CC1. The molecule has 1 aliphatic rings. The van der Waals surface area contributed by atoms with E-state index in [2.05, 4.69) is 24.3 Å². The van der Waals surface area contributed by atoms with E-state index in [9.17, 15) is 0 Å². The Balaban J connectivity index is 1.81. The highest BCUT2D eigenvalue weighted by Crippen LogP contribution is 2.17. The summed E-state index contributed by atoms with van der Waals surface area (Å²) in [6.07, 6.45) is 9.72. The predicted octanol–water partition coefficient (Wildman–Crippen LogP) is 3.83. The van der Waals surface area contributed by atoms with Gasteiger partial charge in [-0.2, -0.15) is 0 Å². The smallest absolute Gasteiger partial charge is 0.112 e. The molecular weight excluding hydrogens is 184 g/mol. The van der Waals surface area contributed by atoms with E-state index in [1.165, 1.54) is 11.1 Å². The lowest BCUT2D eigenvalue weighted by Crippen LogP contribution is -1.91. The van der Waals surface area contributed by atoms with Crippen LogP contribution in [0.5, 0.6) is 0 Å². The molecule has 0 bridgehead atoms. The van der Waals surface area contributed by atoms with Gasteiger partial charge in [0.15, 0.2) is 0 Å². The monoisotopic (exact) mass is 200 g/mol. The summed E-state index contributed by atoms with van der Waals surface area (Å²) < 4.78 is 5.56. The quantitative estimate of drug-likeness (QED) is 0.532. The molecule has 0 saturated heterocycles. The van der Waals surface area contributed by atoms with Crippen molar-refractivity contribution < 1.29 is 4.74 Å². The first-order chi connectivity index (χ1) is 7.45. The van der Waals surface area contributed by atoms with Crippen molar-refractivity contribution in [2.24, 2.45) is 0 Å². The van der Waals surface area contributed by atoms with Crippen LogP contribution in [0.4, 0.5) is 0 Å². The first kappa shape index (κ1) is 10.0. The minimum absolute atomic E-state index is 0.675. The van der Waals surface area contributed by atoms with E-state index < -0.39 is 0 Å². The fourth-order valence-electron chi connectivity index (χ4n) is 1.66. The molecule has 1 aromatic carbocycles. The van der Waals surface area contributed by atoms with Gasteiger partial charge in [-0.3, -0.25) is 0 Å². The number of benzene rings is 1. The number of hydrogen-bond donors (Lipinski definition) is 0. The zero-order chi connectivity index (χ0) is 10.3. The van der Waals surface area contributed by atoms with Gasteiger partial charge >= 0.3 is 0 Å². The van der Waals surface area contributed by atoms with Crippen molar-refractivity contribution in [3.8, 4) is 0 Å². The summed E-state index contributed by atoms with van der Waals surface area (Å²) in [5.74, 6) is 0. The molecule has 1 aromatic rings. The van der Waals surface area contributed by atoms with Crippen molar-refractivity contribution in [3.63, 3.8) is 0 Å². The van der Waals surface area contributed by atoms with Gasteiger partial charge in [-0.1, -0.05) is 42.5 Å². The van der Waals surface area contributed by atoms with Crippen LogP contribution in [0.2, 0.25) is 0 Å². The maximum absolute atomic E-state index is 5.56. The summed E-state index contributed by atoms with van der Waals surface area (Å²) in [5.41, 5.74) is 2.62. The average molecular weight is 200 g/mol. The molecule has 78 valence electrons. The van der Waals surface area contributed by atoms with Gasteiger partial charge in [0, 0.05) is 0 Å². The van der Waals surface area contributed by atoms with Gasteiger partial charge in [0.05, 0.1) is 6.26 Å². The molecule has 0 fully saturated rings. The highest BCUT2D eigenvalue weighted by molar-refractivity contribution is 5.14. The Bertz CT molecular complexity index is 349. The lowest BCUT2D eigenvalue weighted by molar-refractivity contribution is 0.232. The van der Waals surface area contributed by atoms with Crippen LogP contribution in [0.25, 0.3) is 0 Å². The molecule has 2 rings (SSSR count). The van der Waals surface area contributed by atoms with Gasteiger partial charge in [-0.15, -0.1) is 0 Å². The fourth-order valence-corrected chi connectivity index (χ4v) is 1.66. The molecule has 0 aliphatic heterocycles. The molecule has 0 radical (unpaired) electrons. The molecule has 0 heterocycles. The second-order valence-electron chi connectivity index (χ2n) is 3.79. The fraction of sp³-hybridized carbons (Fsp3) is 0.286. The first-order valence-electron chi connectivity index (χ1n) is 5.43. The van der Waals surface area contributed by atoms with Crippen LogP contribution >= 0.6 is 0 Å². The number of ether oxygens (including phenoxy) is 1. The van der Waals surface area contributed by atoms with Crippen molar-refractivity contribution >= 4 is 0 Å². The van der Waals surface area contributed by atoms with Gasteiger partial charge < -0.3 is 4.74 Å². The molecule has 1 heteroatoms. The summed E-state index contributed by atoms with van der Waals surface area (Å²) in [7, 11) is 0. The molecule has 15 heavy (non-hydrogen) atoms. The van der Waals surface area contributed by atoms with Gasteiger partial charge in [0.25, 0.3) is 0 Å². The molecule has 0 aromatic heterocycles. The van der Waals surface area contributed by atoms with Crippen molar-refractivity contribution in [2.75, 3.05) is 0 Å². The standard InChI is InChI=1S/C14H16O/c1-3-7-13(8-4-1)11-15-12-14-9-5-2-6-10-14/h1-5,7-8,12H,6,9-11H2/b14-12-. The molecular formula is C14H16O. The Hall–Kier alpha value is -1.50. The Morgan fingerprint density at radius 1 is 1.13 bits per heavy atom. The molecule has 0 unspecified atom stereocenters. The normalized spacial score (nSPS) is 18.0. The maximum Gasteiger partial charge on any atom is 0.112 e. The molecule has 0 amide bonds. The van der Waals surface area contributed by atoms with Crippen LogP contribution in [0.3, 0.4) is 0 Å². The second-order valence-corrected chi connectivity index (χ2v) is 3.79. The molecule has 1 aliphatic carbocycles. The van der Waals surface area contributed by atoms with E-state index in [0.717, 1.165) is 19.3 Å². The van der Waals surface area contributed by atoms with Gasteiger partial charge in [0.2, 0.25) is 0 Å². The largest absolute Gasteiger partial charge is 0.497 e. The summed E-state index contributed by atoms with van der Waals surface area (Å²) in [6, 6.07) is 10.3. The molecule has 0 atom stereocenters. The highest BCUT2D eigenvalue weighted by Gasteiger charge is 1.99. The second kappa shape index (κ2) is 5.40. The molecule has 0 N–H and O–H groups in total. The Labute approximate surface area is 91.1 Å². The van der Waals surface area contributed by atoms with E-state index in [0.29, 0.717) is 6.61 Å². The van der Waals surface area contributed by atoms with E-state index in [4.69, 9.17) is 4.74 Å². The zero-order valence-electron chi connectivity index (χ0n) is 8.86. The third-order valence-electron chi connectivity index (χ3n) is 2.52. The summed E-state index contributed by atoms with van der Waals surface area (Å²) >= 11 is 0. The van der Waals surface area contributed by atoms with Crippen molar-refractivity contribution in [2.45, 2.75) is 25.9 Å². The third-order valence-corrected chi connectivity index (χ3v) is 2.52. The highest BCUT2D eigenvalue weighted by atomic mass is 16.5. The van der Waals surface area contributed by atoms with Crippen LogP contribution in [0.1, 0.15) is 24.8 Å². The van der Waals surface area contributed by atoms with E-state index in [-0.39, 0.29) is 0 Å². The van der Waals surface area contributed by atoms with Gasteiger partial charge in [-0.05, 0) is 30.4 Å². The van der Waals surface area contributed by atoms with Crippen molar-refractivity contribution in [3.05, 3.63) is 59.9 Å². The van der Waals surface area contributed by atoms with Crippen LogP contribution in [0, 0.1) is 0 Å². The first-order valence-corrected chi connectivity index (χ1v) is 5.43. The van der Waals surface area contributed by atoms with Crippen molar-refractivity contribution in [1.82, 2.24) is 0 Å². The Kier molecular flexibility index (Phi) is 3.61. The minimum Gasteiger partial charge on any atom is -0.497 e. The van der Waals surface area contributed by atoms with Crippen LogP contribution in [0.15, 0.2) is 54.3 Å². The topological polar surface area (TPSA) is 9.23 Å². The van der Waals surface area contributed by atoms with E-state index >= 15 is 0 Å². The lowest BCUT2D eigenvalue weighted by atomic mass is 10.0. The summed E-state index contributed by atoms with van der Waals surface area (Å²) in [6.45, 7) is 0.675. The van der Waals surface area contributed by atoms with Crippen LogP contribution in [-0.2, 0) is 11.3 Å². The van der Waals surface area contributed by atoms with E-state index in [1.54, 1.807) is 0 Å². The van der Waals surface area contributed by atoms with Gasteiger partial charge in [-0.25, -0.2) is 0 Å². The zero-order valence-corrected chi connectivity index (χ0v) is 8.86. The summed E-state index contributed by atoms with van der Waals surface area (Å²) in [5, 5.41) is 0. The predicted molar refractivity (Wildman–Crippen MR) is 62.3 cm³/mol. The lowest BCUT2D eigenvalue weighted by Gasteiger charge is -2.08. The van der Waals surface area contributed by atoms with Gasteiger partial charge in [0.1, 0.15) is 6.61 Å². The summed E-state index contributed by atoms with van der Waals surface area (Å²) in [4.78, 5) is 0. The molecule has 0 saturated carbocycles. The Morgan fingerprint density at radius 3 is 2.73 bits per heavy atom. The minimum atomic E-state index is 0.675. The van der Waals surface area contributed by atoms with E-state index in [1.807, 2.05) is 24.5 Å². The number of rotatable bonds is 3. The van der Waals surface area contributed by atoms with Crippen molar-refractivity contribution in [1.29, 1.82) is 0 Å². The maximum atomic E-state index is 5.56. The van der Waals surface area contributed by atoms with Crippen LogP contribution in [-0.4, -0.2) is 0 Å². The number of hydrogen-bond acceptors (Lipinski definition) is 1. The van der Waals surface area contributed by atoms with Crippen LogP contribution < -0.4 is 0 Å². The average Bonchev–Trinajstić information content (AvgIpc) is 2.32. The molecule has 1 nitrogen and oxygen atoms in total.